The number of aliphatic carboxylic acids is 1. The summed E-state index contributed by atoms with van der Waals surface area (Å²) in [6.45, 7) is 2.65. The van der Waals surface area contributed by atoms with Crippen LogP contribution in [0.4, 0.5) is 4.39 Å². The van der Waals surface area contributed by atoms with E-state index >= 15 is 0 Å². The van der Waals surface area contributed by atoms with Crippen LogP contribution < -0.4 is 0 Å². The van der Waals surface area contributed by atoms with Gasteiger partial charge in [-0.05, 0) is 36.6 Å². The smallest absolute Gasteiger partial charge is 0.328 e. The van der Waals surface area contributed by atoms with Crippen molar-refractivity contribution in [3.05, 3.63) is 41.2 Å². The molecule has 0 amide bonds. The fourth-order valence-electron chi connectivity index (χ4n) is 2.54. The van der Waals surface area contributed by atoms with Gasteiger partial charge < -0.3 is 9.84 Å². The topological polar surface area (TPSA) is 49.8 Å². The quantitative estimate of drug-likeness (QED) is 0.848. The third-order valence-corrected chi connectivity index (χ3v) is 3.74. The maximum atomic E-state index is 13.6. The van der Waals surface area contributed by atoms with Crippen LogP contribution in [0.2, 0.25) is 0 Å². The number of hydrogen-bond donors (Lipinski definition) is 1. The standard InChI is InChI=1S/C16H20FNO3/c1-21-14-6-8-18(9-7-14)11-12-2-4-15(17)13(10-12)3-5-16(19)20/h2-5,10,14H,6-9,11H2,1H3,(H,19,20). The lowest BCUT2D eigenvalue weighted by atomic mass is 10.1. The van der Waals surface area contributed by atoms with Crippen LogP contribution in [0.5, 0.6) is 0 Å². The van der Waals surface area contributed by atoms with Crippen molar-refractivity contribution in [1.29, 1.82) is 0 Å². The second-order valence-electron chi connectivity index (χ2n) is 5.24. The summed E-state index contributed by atoms with van der Waals surface area (Å²) < 4.78 is 19.0. The average Bonchev–Trinajstić information content (AvgIpc) is 2.48. The van der Waals surface area contributed by atoms with Gasteiger partial charge in [-0.2, -0.15) is 0 Å². The monoisotopic (exact) mass is 293 g/mol. The second kappa shape index (κ2) is 7.33. The van der Waals surface area contributed by atoms with E-state index in [-0.39, 0.29) is 0 Å². The number of carboxylic acid groups (broad SMARTS) is 1. The SMILES string of the molecule is COC1CCN(Cc2ccc(F)c(C=CC(=O)O)c2)CC1. The highest BCUT2D eigenvalue weighted by atomic mass is 19.1. The number of benzene rings is 1. The van der Waals surface area contributed by atoms with E-state index in [0.717, 1.165) is 44.1 Å². The fraction of sp³-hybridized carbons (Fsp3) is 0.438. The molecule has 0 saturated carbocycles. The summed E-state index contributed by atoms with van der Waals surface area (Å²) in [4.78, 5) is 12.8. The first-order chi connectivity index (χ1) is 10.1. The second-order valence-corrected chi connectivity index (χ2v) is 5.24. The molecule has 1 aliphatic rings. The molecule has 0 atom stereocenters. The van der Waals surface area contributed by atoms with Crippen LogP contribution in [0, 0.1) is 5.82 Å². The predicted octanol–water partition coefficient (Wildman–Crippen LogP) is 2.53. The number of halogens is 1. The van der Waals surface area contributed by atoms with Crippen LogP contribution in [0.25, 0.3) is 6.08 Å². The number of methoxy groups -OCH3 is 1. The number of carboxylic acids is 1. The van der Waals surface area contributed by atoms with Crippen LogP contribution in [0.15, 0.2) is 24.3 Å². The third kappa shape index (κ3) is 4.65. The number of ether oxygens (including phenoxy) is 1. The summed E-state index contributed by atoms with van der Waals surface area (Å²) >= 11 is 0. The minimum Gasteiger partial charge on any atom is -0.478 e. The highest BCUT2D eigenvalue weighted by molar-refractivity contribution is 5.85. The molecule has 0 aromatic heterocycles. The summed E-state index contributed by atoms with van der Waals surface area (Å²) in [5.41, 5.74) is 1.29. The molecule has 1 aromatic rings. The molecule has 1 heterocycles. The fourth-order valence-corrected chi connectivity index (χ4v) is 2.54. The Hall–Kier alpha value is -1.72. The van der Waals surface area contributed by atoms with Crippen molar-refractivity contribution < 1.29 is 19.0 Å². The van der Waals surface area contributed by atoms with Crippen LogP contribution in [-0.2, 0) is 16.1 Å². The normalized spacial score (nSPS) is 17.4. The first-order valence-corrected chi connectivity index (χ1v) is 7.03. The molecule has 2 rings (SSSR count). The number of carbonyl (C=O) groups is 1. The number of rotatable bonds is 5. The zero-order valence-corrected chi connectivity index (χ0v) is 12.1. The molecule has 1 N–H and O–H groups in total. The number of likely N-dealkylation sites (tertiary alicyclic amines) is 1. The van der Waals surface area contributed by atoms with Gasteiger partial charge >= 0.3 is 5.97 Å². The van der Waals surface area contributed by atoms with Crippen molar-refractivity contribution in [3.8, 4) is 0 Å². The molecule has 1 aliphatic heterocycles. The molecule has 4 nitrogen and oxygen atoms in total. The molecule has 1 fully saturated rings. The number of nitrogens with zero attached hydrogens (tertiary/aromatic N) is 1. The molecule has 0 aliphatic carbocycles. The largest absolute Gasteiger partial charge is 0.478 e. The van der Waals surface area contributed by atoms with Crippen molar-refractivity contribution in [3.63, 3.8) is 0 Å². The molecule has 1 aromatic carbocycles. The van der Waals surface area contributed by atoms with Crippen molar-refractivity contribution >= 4 is 12.0 Å². The maximum absolute atomic E-state index is 13.6. The van der Waals surface area contributed by atoms with Crippen molar-refractivity contribution in [1.82, 2.24) is 4.90 Å². The van der Waals surface area contributed by atoms with E-state index in [1.165, 1.54) is 12.1 Å². The summed E-state index contributed by atoms with van der Waals surface area (Å²) in [6.07, 6.45) is 4.58. The molecular formula is C16H20FNO3. The first kappa shape index (κ1) is 15.7. The van der Waals surface area contributed by atoms with Crippen molar-refractivity contribution in [2.75, 3.05) is 20.2 Å². The third-order valence-electron chi connectivity index (χ3n) is 3.74. The van der Waals surface area contributed by atoms with Crippen LogP contribution in [0.1, 0.15) is 24.0 Å². The van der Waals surface area contributed by atoms with Gasteiger partial charge in [0.1, 0.15) is 5.82 Å². The summed E-state index contributed by atoms with van der Waals surface area (Å²) in [6, 6.07) is 4.84. The Bertz CT molecular complexity index is 522. The minimum absolute atomic E-state index is 0.307. The average molecular weight is 293 g/mol. The van der Waals surface area contributed by atoms with Gasteiger partial charge in [-0.1, -0.05) is 6.07 Å². The van der Waals surface area contributed by atoms with Gasteiger partial charge in [0.2, 0.25) is 0 Å². The van der Waals surface area contributed by atoms with Gasteiger partial charge in [0.15, 0.2) is 0 Å². The van der Waals surface area contributed by atoms with E-state index < -0.39 is 11.8 Å². The Kier molecular flexibility index (Phi) is 5.47. The molecule has 1 saturated heterocycles. The lowest BCUT2D eigenvalue weighted by molar-refractivity contribution is -0.131. The summed E-state index contributed by atoms with van der Waals surface area (Å²) in [5.74, 6) is -1.49. The molecule has 0 unspecified atom stereocenters. The van der Waals surface area contributed by atoms with E-state index in [1.54, 1.807) is 19.2 Å². The van der Waals surface area contributed by atoms with E-state index in [0.29, 0.717) is 11.7 Å². The number of hydrogen-bond acceptors (Lipinski definition) is 3. The molecule has 114 valence electrons. The molecule has 5 heteroatoms. The van der Waals surface area contributed by atoms with Gasteiger partial charge in [-0.25, -0.2) is 9.18 Å². The Morgan fingerprint density at radius 3 is 2.81 bits per heavy atom. The Labute approximate surface area is 123 Å². The molecular weight excluding hydrogens is 273 g/mol. The maximum Gasteiger partial charge on any atom is 0.328 e. The van der Waals surface area contributed by atoms with Crippen LogP contribution in [0.3, 0.4) is 0 Å². The highest BCUT2D eigenvalue weighted by Gasteiger charge is 2.18. The zero-order valence-electron chi connectivity index (χ0n) is 12.1. The summed E-state index contributed by atoms with van der Waals surface area (Å²) in [5, 5.41) is 8.61. The molecule has 21 heavy (non-hydrogen) atoms. The first-order valence-electron chi connectivity index (χ1n) is 7.03. The van der Waals surface area contributed by atoms with Gasteiger partial charge in [0.05, 0.1) is 6.10 Å². The minimum atomic E-state index is -1.08. The van der Waals surface area contributed by atoms with Crippen molar-refractivity contribution in [2.24, 2.45) is 0 Å². The Morgan fingerprint density at radius 2 is 2.19 bits per heavy atom. The molecule has 0 bridgehead atoms. The van der Waals surface area contributed by atoms with E-state index in [9.17, 15) is 9.18 Å². The van der Waals surface area contributed by atoms with E-state index in [4.69, 9.17) is 9.84 Å². The lowest BCUT2D eigenvalue weighted by Gasteiger charge is -2.31. The lowest BCUT2D eigenvalue weighted by Crippen LogP contribution is -2.36. The highest BCUT2D eigenvalue weighted by Crippen LogP contribution is 2.18. The Balaban J connectivity index is 2.01. The predicted molar refractivity (Wildman–Crippen MR) is 78.4 cm³/mol. The summed E-state index contributed by atoms with van der Waals surface area (Å²) in [7, 11) is 1.74. The molecule has 0 radical (unpaired) electrons. The van der Waals surface area contributed by atoms with E-state index in [1.807, 2.05) is 0 Å². The Morgan fingerprint density at radius 1 is 1.48 bits per heavy atom. The van der Waals surface area contributed by atoms with Crippen LogP contribution in [-0.4, -0.2) is 42.3 Å². The van der Waals surface area contributed by atoms with Gasteiger partial charge in [0, 0.05) is 38.4 Å². The van der Waals surface area contributed by atoms with Crippen molar-refractivity contribution in [2.45, 2.75) is 25.5 Å². The van der Waals surface area contributed by atoms with Crippen LogP contribution >= 0.6 is 0 Å². The van der Waals surface area contributed by atoms with Gasteiger partial charge in [-0.15, -0.1) is 0 Å². The van der Waals surface area contributed by atoms with Gasteiger partial charge in [0.25, 0.3) is 0 Å². The van der Waals surface area contributed by atoms with E-state index in [2.05, 4.69) is 4.90 Å². The zero-order chi connectivity index (χ0) is 15.2. The number of piperidine rings is 1. The van der Waals surface area contributed by atoms with Gasteiger partial charge in [-0.3, -0.25) is 4.90 Å². The molecule has 0 spiro atoms.